The molecule has 0 amide bonds. The summed E-state index contributed by atoms with van der Waals surface area (Å²) in [5.41, 5.74) is 7.16. The standard InChI is InChI=1S/C15H22N2O/c1-2-14(17)12-13-6-8-15(9-7-13)18-11-5-3-4-10-16/h6-9,14H,2-5,11-12,17H2,1H3. The fourth-order valence-electron chi connectivity index (χ4n) is 1.66. The Morgan fingerprint density at radius 1 is 1.28 bits per heavy atom. The molecule has 0 aromatic heterocycles. The van der Waals surface area contributed by atoms with E-state index in [9.17, 15) is 0 Å². The van der Waals surface area contributed by atoms with E-state index >= 15 is 0 Å². The molecule has 1 unspecified atom stereocenters. The van der Waals surface area contributed by atoms with E-state index in [1.807, 2.05) is 12.1 Å². The zero-order chi connectivity index (χ0) is 13.2. The largest absolute Gasteiger partial charge is 0.494 e. The van der Waals surface area contributed by atoms with Gasteiger partial charge in [-0.2, -0.15) is 5.26 Å². The monoisotopic (exact) mass is 246 g/mol. The quantitative estimate of drug-likeness (QED) is 0.717. The summed E-state index contributed by atoms with van der Waals surface area (Å²) < 4.78 is 5.60. The van der Waals surface area contributed by atoms with Gasteiger partial charge in [0.2, 0.25) is 0 Å². The van der Waals surface area contributed by atoms with Crippen LogP contribution in [0.4, 0.5) is 0 Å². The Bertz CT molecular complexity index is 367. The second-order valence-corrected chi connectivity index (χ2v) is 4.48. The van der Waals surface area contributed by atoms with Gasteiger partial charge in [-0.05, 0) is 43.4 Å². The fraction of sp³-hybridized carbons (Fsp3) is 0.533. The van der Waals surface area contributed by atoms with Crippen molar-refractivity contribution in [3.63, 3.8) is 0 Å². The lowest BCUT2D eigenvalue weighted by molar-refractivity contribution is 0.307. The van der Waals surface area contributed by atoms with Crippen LogP contribution in [0.1, 0.15) is 38.2 Å². The number of benzene rings is 1. The molecular formula is C15H22N2O. The first kappa shape index (κ1) is 14.5. The summed E-state index contributed by atoms with van der Waals surface area (Å²) in [6, 6.07) is 10.5. The van der Waals surface area contributed by atoms with E-state index in [1.165, 1.54) is 5.56 Å². The molecule has 98 valence electrons. The van der Waals surface area contributed by atoms with E-state index in [0.29, 0.717) is 13.0 Å². The molecule has 0 radical (unpaired) electrons. The van der Waals surface area contributed by atoms with E-state index < -0.39 is 0 Å². The minimum absolute atomic E-state index is 0.239. The average molecular weight is 246 g/mol. The Hall–Kier alpha value is -1.53. The lowest BCUT2D eigenvalue weighted by Gasteiger charge is -2.10. The summed E-state index contributed by atoms with van der Waals surface area (Å²) in [6.45, 7) is 2.78. The van der Waals surface area contributed by atoms with Crippen molar-refractivity contribution in [2.24, 2.45) is 5.73 Å². The molecular weight excluding hydrogens is 224 g/mol. The van der Waals surface area contributed by atoms with Gasteiger partial charge in [0.15, 0.2) is 0 Å². The van der Waals surface area contributed by atoms with Crippen molar-refractivity contribution in [2.45, 2.75) is 45.1 Å². The van der Waals surface area contributed by atoms with Crippen molar-refractivity contribution in [3.8, 4) is 11.8 Å². The summed E-state index contributed by atoms with van der Waals surface area (Å²) in [6.07, 6.45) is 4.35. The van der Waals surface area contributed by atoms with Gasteiger partial charge in [-0.15, -0.1) is 0 Å². The molecule has 0 fully saturated rings. The second kappa shape index (κ2) is 8.54. The number of nitrogens with zero attached hydrogens (tertiary/aromatic N) is 1. The molecule has 0 heterocycles. The second-order valence-electron chi connectivity index (χ2n) is 4.48. The van der Waals surface area contributed by atoms with Gasteiger partial charge >= 0.3 is 0 Å². The maximum Gasteiger partial charge on any atom is 0.119 e. The predicted octanol–water partition coefficient (Wildman–Crippen LogP) is 3.04. The first-order chi connectivity index (χ1) is 8.76. The van der Waals surface area contributed by atoms with Crippen molar-refractivity contribution in [1.29, 1.82) is 5.26 Å². The smallest absolute Gasteiger partial charge is 0.119 e. The van der Waals surface area contributed by atoms with Crippen LogP contribution >= 0.6 is 0 Å². The van der Waals surface area contributed by atoms with Crippen LogP contribution in [0.5, 0.6) is 5.75 Å². The molecule has 3 heteroatoms. The Morgan fingerprint density at radius 3 is 2.61 bits per heavy atom. The highest BCUT2D eigenvalue weighted by Gasteiger charge is 2.01. The number of nitriles is 1. The lowest BCUT2D eigenvalue weighted by Crippen LogP contribution is -2.21. The van der Waals surface area contributed by atoms with Crippen LogP contribution in [0.15, 0.2) is 24.3 Å². The summed E-state index contributed by atoms with van der Waals surface area (Å²) in [5, 5.41) is 8.40. The summed E-state index contributed by atoms with van der Waals surface area (Å²) in [5.74, 6) is 0.890. The number of nitrogens with two attached hydrogens (primary N) is 1. The van der Waals surface area contributed by atoms with Crippen LogP contribution in [0, 0.1) is 11.3 Å². The van der Waals surface area contributed by atoms with Gasteiger partial charge in [0, 0.05) is 12.5 Å². The maximum atomic E-state index is 8.40. The third-order valence-corrected chi connectivity index (χ3v) is 2.90. The molecule has 1 aromatic rings. The zero-order valence-corrected chi connectivity index (χ0v) is 11.1. The highest BCUT2D eigenvalue weighted by molar-refractivity contribution is 5.27. The van der Waals surface area contributed by atoms with Gasteiger partial charge in [0.1, 0.15) is 5.75 Å². The minimum atomic E-state index is 0.239. The SMILES string of the molecule is CCC(N)Cc1ccc(OCCCCC#N)cc1. The molecule has 0 aliphatic rings. The Kier molecular flexibility index (Phi) is 6.90. The molecule has 0 saturated carbocycles. The molecule has 3 nitrogen and oxygen atoms in total. The minimum Gasteiger partial charge on any atom is -0.494 e. The fourth-order valence-corrected chi connectivity index (χ4v) is 1.66. The van der Waals surface area contributed by atoms with E-state index in [0.717, 1.165) is 31.4 Å². The Balaban J connectivity index is 2.30. The highest BCUT2D eigenvalue weighted by atomic mass is 16.5. The lowest BCUT2D eigenvalue weighted by atomic mass is 10.0. The number of hydrogen-bond acceptors (Lipinski definition) is 3. The molecule has 18 heavy (non-hydrogen) atoms. The number of unbranched alkanes of at least 4 members (excludes halogenated alkanes) is 2. The molecule has 1 atom stereocenters. The van der Waals surface area contributed by atoms with Crippen LogP contribution in [-0.2, 0) is 6.42 Å². The van der Waals surface area contributed by atoms with Crippen LogP contribution in [0.3, 0.4) is 0 Å². The van der Waals surface area contributed by atoms with Crippen LogP contribution < -0.4 is 10.5 Å². The first-order valence-corrected chi connectivity index (χ1v) is 6.60. The molecule has 0 saturated heterocycles. The maximum absolute atomic E-state index is 8.40. The number of rotatable bonds is 8. The van der Waals surface area contributed by atoms with E-state index in [4.69, 9.17) is 15.7 Å². The van der Waals surface area contributed by atoms with Crippen molar-refractivity contribution >= 4 is 0 Å². The summed E-state index contributed by atoms with van der Waals surface area (Å²) in [7, 11) is 0. The Labute approximate surface area is 110 Å². The predicted molar refractivity (Wildman–Crippen MR) is 73.4 cm³/mol. The van der Waals surface area contributed by atoms with Crippen LogP contribution in [0.25, 0.3) is 0 Å². The molecule has 0 aliphatic heterocycles. The molecule has 0 bridgehead atoms. The van der Waals surface area contributed by atoms with Gasteiger partial charge in [-0.1, -0.05) is 19.1 Å². The Morgan fingerprint density at radius 2 is 2.00 bits per heavy atom. The number of ether oxygens (including phenoxy) is 1. The number of hydrogen-bond donors (Lipinski definition) is 1. The zero-order valence-electron chi connectivity index (χ0n) is 11.1. The molecule has 1 aromatic carbocycles. The van der Waals surface area contributed by atoms with Crippen molar-refractivity contribution in [2.75, 3.05) is 6.61 Å². The van der Waals surface area contributed by atoms with E-state index in [1.54, 1.807) is 0 Å². The van der Waals surface area contributed by atoms with Gasteiger partial charge in [-0.25, -0.2) is 0 Å². The van der Waals surface area contributed by atoms with Crippen molar-refractivity contribution in [1.82, 2.24) is 0 Å². The van der Waals surface area contributed by atoms with E-state index in [2.05, 4.69) is 25.1 Å². The normalized spacial score (nSPS) is 11.8. The third-order valence-electron chi connectivity index (χ3n) is 2.90. The molecule has 0 spiro atoms. The highest BCUT2D eigenvalue weighted by Crippen LogP contribution is 2.14. The van der Waals surface area contributed by atoms with Crippen molar-refractivity contribution < 1.29 is 4.74 Å². The average Bonchev–Trinajstić information content (AvgIpc) is 2.40. The van der Waals surface area contributed by atoms with Gasteiger partial charge < -0.3 is 10.5 Å². The topological polar surface area (TPSA) is 59.0 Å². The summed E-state index contributed by atoms with van der Waals surface area (Å²) in [4.78, 5) is 0. The summed E-state index contributed by atoms with van der Waals surface area (Å²) >= 11 is 0. The first-order valence-electron chi connectivity index (χ1n) is 6.60. The van der Waals surface area contributed by atoms with E-state index in [-0.39, 0.29) is 6.04 Å². The molecule has 0 aliphatic carbocycles. The van der Waals surface area contributed by atoms with Gasteiger partial charge in [-0.3, -0.25) is 0 Å². The third kappa shape index (κ3) is 5.70. The van der Waals surface area contributed by atoms with Crippen LogP contribution in [-0.4, -0.2) is 12.6 Å². The molecule has 2 N–H and O–H groups in total. The van der Waals surface area contributed by atoms with Gasteiger partial charge in [0.05, 0.1) is 12.7 Å². The van der Waals surface area contributed by atoms with Crippen LogP contribution in [0.2, 0.25) is 0 Å². The molecule has 1 rings (SSSR count). The van der Waals surface area contributed by atoms with Crippen molar-refractivity contribution in [3.05, 3.63) is 29.8 Å². The van der Waals surface area contributed by atoms with Gasteiger partial charge in [0.25, 0.3) is 0 Å².